The molecule has 1 heterocycles. The van der Waals surface area contributed by atoms with Crippen molar-refractivity contribution in [3.63, 3.8) is 0 Å². The van der Waals surface area contributed by atoms with Crippen LogP contribution >= 0.6 is 11.6 Å². The maximum atomic E-state index is 5.94. The SMILES string of the molecule is Cc1ccc(-n2cccc2-c2ccc(Cl)cc2)cc1. The molecule has 0 N–H and O–H groups in total. The van der Waals surface area contributed by atoms with Gasteiger partial charge in [-0.2, -0.15) is 0 Å². The highest BCUT2D eigenvalue weighted by molar-refractivity contribution is 6.30. The Morgan fingerprint density at radius 1 is 0.842 bits per heavy atom. The van der Waals surface area contributed by atoms with E-state index in [0.29, 0.717) is 0 Å². The number of nitrogens with zero attached hydrogens (tertiary/aromatic N) is 1. The van der Waals surface area contributed by atoms with Gasteiger partial charge in [0.2, 0.25) is 0 Å². The summed E-state index contributed by atoms with van der Waals surface area (Å²) in [6.07, 6.45) is 2.08. The average Bonchev–Trinajstić information content (AvgIpc) is 2.90. The van der Waals surface area contributed by atoms with Crippen LogP contribution in [0.25, 0.3) is 16.9 Å². The molecule has 94 valence electrons. The number of hydrogen-bond donors (Lipinski definition) is 0. The van der Waals surface area contributed by atoms with Crippen molar-refractivity contribution in [2.75, 3.05) is 0 Å². The largest absolute Gasteiger partial charge is 0.317 e. The molecule has 0 aliphatic rings. The van der Waals surface area contributed by atoms with Crippen molar-refractivity contribution in [1.29, 1.82) is 0 Å². The lowest BCUT2D eigenvalue weighted by Crippen LogP contribution is -1.94. The van der Waals surface area contributed by atoms with E-state index in [9.17, 15) is 0 Å². The van der Waals surface area contributed by atoms with Crippen molar-refractivity contribution in [2.24, 2.45) is 0 Å². The zero-order valence-corrected chi connectivity index (χ0v) is 11.4. The smallest absolute Gasteiger partial charge is 0.0528 e. The normalized spacial score (nSPS) is 10.6. The van der Waals surface area contributed by atoms with Crippen LogP contribution in [-0.4, -0.2) is 4.57 Å². The first-order chi connectivity index (χ1) is 9.24. The molecule has 0 atom stereocenters. The first-order valence-electron chi connectivity index (χ1n) is 6.24. The second-order valence-corrected chi connectivity index (χ2v) is 5.04. The van der Waals surface area contributed by atoms with Gasteiger partial charge in [0.15, 0.2) is 0 Å². The molecular weight excluding hydrogens is 254 g/mol. The molecule has 2 aromatic carbocycles. The van der Waals surface area contributed by atoms with Crippen molar-refractivity contribution >= 4 is 11.6 Å². The molecule has 0 saturated carbocycles. The predicted octanol–water partition coefficient (Wildman–Crippen LogP) is 5.11. The number of rotatable bonds is 2. The van der Waals surface area contributed by atoms with Crippen LogP contribution in [0, 0.1) is 6.92 Å². The van der Waals surface area contributed by atoms with Gasteiger partial charge in [-0.3, -0.25) is 0 Å². The molecule has 0 radical (unpaired) electrons. The molecule has 0 amide bonds. The first kappa shape index (κ1) is 12.1. The van der Waals surface area contributed by atoms with Gasteiger partial charge in [0, 0.05) is 16.9 Å². The minimum atomic E-state index is 0.761. The van der Waals surface area contributed by atoms with E-state index in [1.807, 2.05) is 24.3 Å². The summed E-state index contributed by atoms with van der Waals surface area (Å²) >= 11 is 5.94. The fourth-order valence-electron chi connectivity index (χ4n) is 2.17. The summed E-state index contributed by atoms with van der Waals surface area (Å²) < 4.78 is 2.18. The van der Waals surface area contributed by atoms with Crippen molar-refractivity contribution in [2.45, 2.75) is 6.92 Å². The third kappa shape index (κ3) is 2.42. The standard InChI is InChI=1S/C17H14ClN/c1-13-4-10-16(11-5-13)19-12-2-3-17(19)14-6-8-15(18)9-7-14/h2-12H,1H3. The van der Waals surface area contributed by atoms with E-state index in [1.165, 1.54) is 16.9 Å². The molecule has 19 heavy (non-hydrogen) atoms. The zero-order chi connectivity index (χ0) is 13.2. The predicted molar refractivity (Wildman–Crippen MR) is 81.0 cm³/mol. The second kappa shape index (κ2) is 4.94. The van der Waals surface area contributed by atoms with Gasteiger partial charge in [-0.15, -0.1) is 0 Å². The highest BCUT2D eigenvalue weighted by Gasteiger charge is 2.05. The minimum absolute atomic E-state index is 0.761. The maximum Gasteiger partial charge on any atom is 0.0528 e. The molecular formula is C17H14ClN. The Hall–Kier alpha value is -1.99. The molecule has 0 bridgehead atoms. The molecule has 0 spiro atoms. The Morgan fingerprint density at radius 2 is 1.53 bits per heavy atom. The number of halogens is 1. The van der Waals surface area contributed by atoms with Crippen molar-refractivity contribution < 1.29 is 0 Å². The highest BCUT2D eigenvalue weighted by atomic mass is 35.5. The Balaban J connectivity index is 2.07. The molecule has 0 saturated heterocycles. The Bertz CT molecular complexity index is 618. The molecule has 1 nitrogen and oxygen atoms in total. The summed E-state index contributed by atoms with van der Waals surface area (Å²) in [5.74, 6) is 0. The molecule has 1 aromatic heterocycles. The summed E-state index contributed by atoms with van der Waals surface area (Å²) in [5, 5.41) is 0.761. The van der Waals surface area contributed by atoms with E-state index in [-0.39, 0.29) is 0 Å². The summed E-state index contributed by atoms with van der Waals surface area (Å²) in [4.78, 5) is 0. The van der Waals surface area contributed by atoms with E-state index in [2.05, 4.69) is 54.1 Å². The van der Waals surface area contributed by atoms with Gasteiger partial charge >= 0.3 is 0 Å². The van der Waals surface area contributed by atoms with Gasteiger partial charge in [-0.25, -0.2) is 0 Å². The molecule has 2 heteroatoms. The van der Waals surface area contributed by atoms with Crippen LogP contribution in [0.4, 0.5) is 0 Å². The lowest BCUT2D eigenvalue weighted by atomic mass is 10.1. The van der Waals surface area contributed by atoms with E-state index >= 15 is 0 Å². The highest BCUT2D eigenvalue weighted by Crippen LogP contribution is 2.25. The Kier molecular flexibility index (Phi) is 3.14. The monoisotopic (exact) mass is 267 g/mol. The van der Waals surface area contributed by atoms with Crippen molar-refractivity contribution in [3.8, 4) is 16.9 Å². The lowest BCUT2D eigenvalue weighted by molar-refractivity contribution is 1.09. The topological polar surface area (TPSA) is 4.93 Å². The molecule has 0 aliphatic carbocycles. The van der Waals surface area contributed by atoms with Crippen LogP contribution in [0.1, 0.15) is 5.56 Å². The molecule has 3 aromatic rings. The molecule has 0 fully saturated rings. The summed E-state index contributed by atoms with van der Waals surface area (Å²) in [6.45, 7) is 2.10. The Morgan fingerprint density at radius 3 is 2.21 bits per heavy atom. The molecule has 3 rings (SSSR count). The number of hydrogen-bond acceptors (Lipinski definition) is 0. The fraction of sp³-hybridized carbons (Fsp3) is 0.0588. The van der Waals surface area contributed by atoms with Gasteiger partial charge in [0.25, 0.3) is 0 Å². The van der Waals surface area contributed by atoms with Gasteiger partial charge in [0.1, 0.15) is 0 Å². The van der Waals surface area contributed by atoms with Gasteiger partial charge in [0.05, 0.1) is 5.69 Å². The number of benzene rings is 2. The van der Waals surface area contributed by atoms with E-state index in [4.69, 9.17) is 11.6 Å². The second-order valence-electron chi connectivity index (χ2n) is 4.61. The van der Waals surface area contributed by atoms with E-state index in [1.54, 1.807) is 0 Å². The van der Waals surface area contributed by atoms with Crippen LogP contribution in [-0.2, 0) is 0 Å². The number of aryl methyl sites for hydroxylation is 1. The Labute approximate surface area is 118 Å². The van der Waals surface area contributed by atoms with Crippen LogP contribution in [0.2, 0.25) is 5.02 Å². The van der Waals surface area contributed by atoms with Crippen LogP contribution < -0.4 is 0 Å². The molecule has 0 unspecified atom stereocenters. The third-order valence-corrected chi connectivity index (χ3v) is 3.45. The van der Waals surface area contributed by atoms with Crippen molar-refractivity contribution in [1.82, 2.24) is 4.57 Å². The summed E-state index contributed by atoms with van der Waals surface area (Å²) in [6, 6.07) is 20.6. The van der Waals surface area contributed by atoms with Crippen LogP contribution in [0.5, 0.6) is 0 Å². The van der Waals surface area contributed by atoms with Gasteiger partial charge in [-0.1, -0.05) is 41.4 Å². The van der Waals surface area contributed by atoms with Gasteiger partial charge < -0.3 is 4.57 Å². The molecule has 0 aliphatic heterocycles. The minimum Gasteiger partial charge on any atom is -0.317 e. The third-order valence-electron chi connectivity index (χ3n) is 3.20. The van der Waals surface area contributed by atoms with Crippen LogP contribution in [0.15, 0.2) is 66.9 Å². The van der Waals surface area contributed by atoms with Crippen molar-refractivity contribution in [3.05, 3.63) is 77.4 Å². The lowest BCUT2D eigenvalue weighted by Gasteiger charge is -2.10. The van der Waals surface area contributed by atoms with Gasteiger partial charge in [-0.05, 0) is 48.9 Å². The van der Waals surface area contributed by atoms with E-state index in [0.717, 1.165) is 10.6 Å². The van der Waals surface area contributed by atoms with E-state index < -0.39 is 0 Å². The number of aromatic nitrogens is 1. The summed E-state index contributed by atoms with van der Waals surface area (Å²) in [7, 11) is 0. The van der Waals surface area contributed by atoms with Crippen LogP contribution in [0.3, 0.4) is 0 Å². The fourth-order valence-corrected chi connectivity index (χ4v) is 2.29. The quantitative estimate of drug-likeness (QED) is 0.608. The zero-order valence-electron chi connectivity index (χ0n) is 10.7. The average molecular weight is 268 g/mol. The first-order valence-corrected chi connectivity index (χ1v) is 6.62. The maximum absolute atomic E-state index is 5.94. The summed E-state index contributed by atoms with van der Waals surface area (Å²) in [5.41, 5.74) is 4.76.